The molecule has 3 heterocycles. The van der Waals surface area contributed by atoms with Crippen molar-refractivity contribution in [1.82, 2.24) is 14.7 Å². The third kappa shape index (κ3) is 5.49. The summed E-state index contributed by atoms with van der Waals surface area (Å²) < 4.78 is 20.1. The van der Waals surface area contributed by atoms with Crippen molar-refractivity contribution >= 4 is 23.6 Å². The average molecular weight is 538 g/mol. The molecule has 39 heavy (non-hydrogen) atoms. The Kier molecular flexibility index (Phi) is 8.13. The second-order valence-electron chi connectivity index (χ2n) is 10.6. The molecule has 0 radical (unpaired) electrons. The van der Waals surface area contributed by atoms with E-state index < -0.39 is 30.0 Å². The van der Waals surface area contributed by atoms with Gasteiger partial charge in [0.1, 0.15) is 24.6 Å². The van der Waals surface area contributed by atoms with Crippen molar-refractivity contribution in [2.45, 2.75) is 57.0 Å². The molecule has 208 valence electrons. The van der Waals surface area contributed by atoms with E-state index in [1.165, 1.54) is 21.9 Å². The molecule has 2 aromatic rings. The number of ether oxygens (including phenoxy) is 1. The Morgan fingerprint density at radius 1 is 1.08 bits per heavy atom. The number of halogens is 1. The summed E-state index contributed by atoms with van der Waals surface area (Å²) in [5, 5.41) is 0. The number of fused-ring (bicyclic) bond motifs is 2. The van der Waals surface area contributed by atoms with Gasteiger partial charge in [0, 0.05) is 6.04 Å². The highest BCUT2D eigenvalue weighted by atomic mass is 19.1. The van der Waals surface area contributed by atoms with Crippen LogP contribution in [0.15, 0.2) is 48.5 Å². The SMILES string of the molecule is CN1CCC(N2C[C@@H]3N(C(=O)OCc4ccccc4)c4ccc(F)cc4C(=O)N3[C@@H](CCCCN)C2=O)CC1. The molecule has 0 bridgehead atoms. The van der Waals surface area contributed by atoms with E-state index in [1.807, 2.05) is 35.2 Å². The lowest BCUT2D eigenvalue weighted by atomic mass is 9.93. The van der Waals surface area contributed by atoms with Crippen LogP contribution in [0.1, 0.15) is 48.0 Å². The molecule has 2 N–H and O–H groups in total. The van der Waals surface area contributed by atoms with Gasteiger partial charge in [-0.05, 0) is 82.5 Å². The number of piperidine rings is 1. The van der Waals surface area contributed by atoms with Gasteiger partial charge in [0.25, 0.3) is 5.91 Å². The number of anilines is 1. The van der Waals surface area contributed by atoms with Gasteiger partial charge < -0.3 is 25.2 Å². The molecule has 9 nitrogen and oxygen atoms in total. The monoisotopic (exact) mass is 537 g/mol. The number of piperazine rings is 1. The molecule has 0 aliphatic carbocycles. The number of carbonyl (C=O) groups is 3. The van der Waals surface area contributed by atoms with Gasteiger partial charge in [0.2, 0.25) is 5.91 Å². The van der Waals surface area contributed by atoms with E-state index in [2.05, 4.69) is 11.9 Å². The lowest BCUT2D eigenvalue weighted by molar-refractivity contribution is -0.147. The van der Waals surface area contributed by atoms with Gasteiger partial charge in [0.05, 0.1) is 17.8 Å². The van der Waals surface area contributed by atoms with Crippen LogP contribution in [0.4, 0.5) is 14.9 Å². The van der Waals surface area contributed by atoms with Gasteiger partial charge >= 0.3 is 6.09 Å². The van der Waals surface area contributed by atoms with Crippen LogP contribution < -0.4 is 10.6 Å². The van der Waals surface area contributed by atoms with Gasteiger partial charge in [-0.2, -0.15) is 0 Å². The first-order valence-electron chi connectivity index (χ1n) is 13.7. The predicted octanol–water partition coefficient (Wildman–Crippen LogP) is 3.18. The maximum atomic E-state index is 14.3. The molecule has 2 aromatic carbocycles. The fourth-order valence-electron chi connectivity index (χ4n) is 5.93. The van der Waals surface area contributed by atoms with Gasteiger partial charge in [-0.25, -0.2) is 9.18 Å². The lowest BCUT2D eigenvalue weighted by Crippen LogP contribution is -2.72. The smallest absolute Gasteiger partial charge is 0.416 e. The van der Waals surface area contributed by atoms with Crippen LogP contribution in [0, 0.1) is 5.82 Å². The zero-order valence-electron chi connectivity index (χ0n) is 22.3. The second-order valence-corrected chi connectivity index (χ2v) is 10.6. The first-order chi connectivity index (χ1) is 18.9. The van der Waals surface area contributed by atoms with Crippen molar-refractivity contribution < 1.29 is 23.5 Å². The second kappa shape index (κ2) is 11.7. The van der Waals surface area contributed by atoms with E-state index in [1.54, 1.807) is 0 Å². The van der Waals surface area contributed by atoms with Crippen molar-refractivity contribution in [3.63, 3.8) is 0 Å². The molecule has 5 rings (SSSR count). The first-order valence-corrected chi connectivity index (χ1v) is 13.7. The summed E-state index contributed by atoms with van der Waals surface area (Å²) in [7, 11) is 2.06. The fraction of sp³-hybridized carbons (Fsp3) is 0.483. The number of rotatable bonds is 7. The van der Waals surface area contributed by atoms with Crippen LogP contribution in [0.25, 0.3) is 0 Å². The minimum absolute atomic E-state index is 0.0137. The van der Waals surface area contributed by atoms with Crippen LogP contribution in [-0.2, 0) is 16.1 Å². The van der Waals surface area contributed by atoms with Crippen molar-refractivity contribution in [1.29, 1.82) is 0 Å². The van der Waals surface area contributed by atoms with Crippen LogP contribution in [-0.4, -0.2) is 84.1 Å². The quantitative estimate of drug-likeness (QED) is 0.545. The van der Waals surface area contributed by atoms with Gasteiger partial charge in [-0.1, -0.05) is 30.3 Å². The highest BCUT2D eigenvalue weighted by Crippen LogP contribution is 2.38. The number of benzene rings is 2. The number of carbonyl (C=O) groups excluding carboxylic acids is 3. The normalized spacial score (nSPS) is 22.1. The molecule has 10 heteroatoms. The molecule has 0 unspecified atom stereocenters. The molecule has 3 aliphatic rings. The van der Waals surface area contributed by atoms with Crippen LogP contribution in [0.5, 0.6) is 0 Å². The highest BCUT2D eigenvalue weighted by Gasteiger charge is 2.52. The molecular weight excluding hydrogens is 501 g/mol. The topological polar surface area (TPSA) is 99.4 Å². The molecule has 3 aliphatic heterocycles. The van der Waals surface area contributed by atoms with E-state index in [9.17, 15) is 18.8 Å². The van der Waals surface area contributed by atoms with Gasteiger partial charge in [-0.15, -0.1) is 0 Å². The summed E-state index contributed by atoms with van der Waals surface area (Å²) in [5.41, 5.74) is 6.89. The Bertz CT molecular complexity index is 1200. The standard InChI is InChI=1S/C29H36FN5O4/c1-32-15-12-22(13-16-32)33-18-26-34(25(28(33)37)9-5-6-14-31)27(36)23-17-21(30)10-11-24(23)35(26)29(38)39-19-20-7-3-2-4-8-20/h2-4,7-8,10-11,17,22,25-26H,5-6,9,12-16,18-19,31H2,1H3/t25-,26-/m0/s1. The Morgan fingerprint density at radius 3 is 2.54 bits per heavy atom. The van der Waals surface area contributed by atoms with E-state index >= 15 is 0 Å². The largest absolute Gasteiger partial charge is 0.444 e. The number of hydrogen-bond donors (Lipinski definition) is 1. The number of nitrogens with two attached hydrogens (primary N) is 1. The van der Waals surface area contributed by atoms with Crippen molar-refractivity contribution in [2.75, 3.05) is 38.1 Å². The minimum Gasteiger partial charge on any atom is -0.444 e. The predicted molar refractivity (Wildman–Crippen MR) is 144 cm³/mol. The van der Waals surface area contributed by atoms with Crippen molar-refractivity contribution in [3.8, 4) is 0 Å². The van der Waals surface area contributed by atoms with E-state index in [4.69, 9.17) is 10.5 Å². The van der Waals surface area contributed by atoms with Crippen molar-refractivity contribution in [3.05, 3.63) is 65.5 Å². The minimum atomic E-state index is -0.775. The summed E-state index contributed by atoms with van der Waals surface area (Å²) >= 11 is 0. The van der Waals surface area contributed by atoms with E-state index in [-0.39, 0.29) is 30.7 Å². The molecule has 2 fully saturated rings. The molecule has 0 aromatic heterocycles. The first kappa shape index (κ1) is 27.1. The average Bonchev–Trinajstić information content (AvgIpc) is 2.94. The molecule has 3 amide bonds. The molecule has 0 saturated carbocycles. The van der Waals surface area contributed by atoms with E-state index in [0.29, 0.717) is 31.5 Å². The number of amides is 3. The van der Waals surface area contributed by atoms with Crippen molar-refractivity contribution in [2.24, 2.45) is 5.73 Å². The molecule has 0 spiro atoms. The fourth-order valence-corrected chi connectivity index (χ4v) is 5.93. The third-order valence-electron chi connectivity index (χ3n) is 8.03. The summed E-state index contributed by atoms with van der Waals surface area (Å²) in [6.07, 6.45) is 2.00. The van der Waals surface area contributed by atoms with Crippen LogP contribution in [0.2, 0.25) is 0 Å². The third-order valence-corrected chi connectivity index (χ3v) is 8.03. The Balaban J connectivity index is 1.52. The lowest BCUT2D eigenvalue weighted by Gasteiger charge is -2.54. The molecule has 2 saturated heterocycles. The van der Waals surface area contributed by atoms with E-state index in [0.717, 1.165) is 37.6 Å². The summed E-state index contributed by atoms with van der Waals surface area (Å²) in [6.45, 7) is 2.42. The number of hydrogen-bond acceptors (Lipinski definition) is 6. The highest BCUT2D eigenvalue weighted by molar-refractivity contribution is 6.08. The van der Waals surface area contributed by atoms with Crippen LogP contribution >= 0.6 is 0 Å². The molecular formula is C29H36FN5O4. The maximum Gasteiger partial charge on any atom is 0.416 e. The molecule has 2 atom stereocenters. The zero-order valence-corrected chi connectivity index (χ0v) is 22.3. The number of unbranched alkanes of at least 4 members (excludes halogenated alkanes) is 1. The van der Waals surface area contributed by atoms with Gasteiger partial charge in [0.15, 0.2) is 0 Å². The zero-order chi connectivity index (χ0) is 27.5. The van der Waals surface area contributed by atoms with Crippen LogP contribution in [0.3, 0.4) is 0 Å². The van der Waals surface area contributed by atoms with Gasteiger partial charge in [-0.3, -0.25) is 14.5 Å². The number of nitrogens with zero attached hydrogens (tertiary/aromatic N) is 4. The Labute approximate surface area is 228 Å². The summed E-state index contributed by atoms with van der Waals surface area (Å²) in [5.74, 6) is -1.16. The Hall–Kier alpha value is -3.50. The summed E-state index contributed by atoms with van der Waals surface area (Å²) in [4.78, 5) is 48.5. The maximum absolute atomic E-state index is 14.3. The Morgan fingerprint density at radius 2 is 1.82 bits per heavy atom. The number of likely N-dealkylation sites (tertiary alicyclic amines) is 1. The summed E-state index contributed by atoms with van der Waals surface area (Å²) in [6, 6.07) is 12.4.